The molecule has 0 fully saturated rings. The van der Waals surface area contributed by atoms with E-state index in [1.807, 2.05) is 12.1 Å². The lowest BCUT2D eigenvalue weighted by Crippen LogP contribution is -2.37. The number of carbonyl (C=O) groups is 1. The third kappa shape index (κ3) is 7.03. The number of rotatable bonds is 11. The maximum atomic E-state index is 14.1. The summed E-state index contributed by atoms with van der Waals surface area (Å²) in [5, 5.41) is 24.8. The maximum absolute atomic E-state index is 14.1. The molecule has 0 saturated heterocycles. The number of aromatic nitrogens is 2. The number of carbonyl (C=O) groups excluding carboxylic acids is 1. The fraction of sp³-hybridized carbons (Fsp3) is 0.176. The van der Waals surface area contributed by atoms with E-state index < -0.39 is 34.0 Å². The predicted octanol–water partition coefficient (Wildman–Crippen LogP) is 7.25. The summed E-state index contributed by atoms with van der Waals surface area (Å²) < 4.78 is 60.5. The average molecular weight is 648 g/mol. The number of hydrogen-bond acceptors (Lipinski definition) is 7. The molecule has 0 spiro atoms. The molecule has 0 radical (unpaired) electrons. The van der Waals surface area contributed by atoms with Crippen LogP contribution in [0.15, 0.2) is 97.2 Å². The van der Waals surface area contributed by atoms with Crippen LogP contribution in [0.5, 0.6) is 11.5 Å². The second-order valence-corrected chi connectivity index (χ2v) is 10.3. The molecule has 5 rings (SSSR count). The highest BCUT2D eigenvalue weighted by Crippen LogP contribution is 2.44. The van der Waals surface area contributed by atoms with E-state index in [1.165, 1.54) is 36.7 Å². The van der Waals surface area contributed by atoms with Crippen LogP contribution in [-0.2, 0) is 31.2 Å². The summed E-state index contributed by atoms with van der Waals surface area (Å²) in [6.07, 6.45) is -4.38. The first kappa shape index (κ1) is 32.5. The molecule has 0 amide bonds. The van der Waals surface area contributed by atoms with Gasteiger partial charge < -0.3 is 24.0 Å². The first-order valence-corrected chi connectivity index (χ1v) is 14.3. The average Bonchev–Trinajstić information content (AvgIpc) is 3.39. The molecular formula is C34H28F3N3O7. The second-order valence-electron chi connectivity index (χ2n) is 10.3. The van der Waals surface area contributed by atoms with Crippen molar-refractivity contribution < 1.29 is 41.8 Å². The first-order chi connectivity index (χ1) is 22.5. The lowest BCUT2D eigenvalue weighted by Gasteiger charge is -2.16. The van der Waals surface area contributed by atoms with E-state index in [0.717, 1.165) is 23.3 Å². The van der Waals surface area contributed by atoms with Crippen molar-refractivity contribution in [3.8, 4) is 34.0 Å². The molecule has 3 aromatic carbocycles. The van der Waals surface area contributed by atoms with Crippen molar-refractivity contribution in [2.75, 3.05) is 6.61 Å². The zero-order valence-corrected chi connectivity index (χ0v) is 25.2. The lowest BCUT2D eigenvalue weighted by molar-refractivity contribution is -0.628. The van der Waals surface area contributed by atoms with Gasteiger partial charge in [0.1, 0.15) is 13.2 Å². The molecule has 13 heteroatoms. The minimum Gasteiger partial charge on any atom is -0.618 e. The van der Waals surface area contributed by atoms with Gasteiger partial charge in [0.25, 0.3) is 0 Å². The van der Waals surface area contributed by atoms with Crippen LogP contribution >= 0.6 is 0 Å². The Bertz CT molecular complexity index is 1910. The van der Waals surface area contributed by atoms with Gasteiger partial charge in [-0.2, -0.15) is 17.9 Å². The zero-order chi connectivity index (χ0) is 33.7. The standard InChI is InChI=1S/C34H28F3N3O7/c1-3-45-33(41)26-19-27(38(2)30(26)25-15-10-16-39(42)32(25)34(35,36)37)24-17-28(40(43)44)31(47-21-23-13-8-5-9-14-23)29(18-24)46-20-22-11-6-4-7-12-22/h4-19H,3,20-21H2,1-2H3. The Balaban J connectivity index is 1.71. The largest absolute Gasteiger partial charge is 0.618 e. The van der Waals surface area contributed by atoms with E-state index in [2.05, 4.69) is 0 Å². The molecule has 0 bridgehead atoms. The van der Waals surface area contributed by atoms with E-state index in [9.17, 15) is 33.3 Å². The van der Waals surface area contributed by atoms with Gasteiger partial charge in [-0.3, -0.25) is 10.1 Å². The Labute approximate surface area is 266 Å². The van der Waals surface area contributed by atoms with Crippen LogP contribution in [0.3, 0.4) is 0 Å². The van der Waals surface area contributed by atoms with Gasteiger partial charge in [0.2, 0.25) is 5.75 Å². The van der Waals surface area contributed by atoms with E-state index in [-0.39, 0.29) is 58.6 Å². The summed E-state index contributed by atoms with van der Waals surface area (Å²) in [6.45, 7) is 1.44. The van der Waals surface area contributed by atoms with Gasteiger partial charge in [-0.25, -0.2) is 4.79 Å². The molecular weight excluding hydrogens is 619 g/mol. The Kier molecular flexibility index (Phi) is 9.45. The molecule has 0 N–H and O–H groups in total. The van der Waals surface area contributed by atoms with Gasteiger partial charge in [0.05, 0.1) is 28.4 Å². The van der Waals surface area contributed by atoms with E-state index >= 15 is 0 Å². The van der Waals surface area contributed by atoms with Gasteiger partial charge in [0.15, 0.2) is 11.9 Å². The normalized spacial score (nSPS) is 11.3. The zero-order valence-electron chi connectivity index (χ0n) is 25.2. The number of esters is 1. The third-order valence-electron chi connectivity index (χ3n) is 7.20. The molecule has 0 aliphatic carbocycles. The fourth-order valence-electron chi connectivity index (χ4n) is 5.12. The molecule has 10 nitrogen and oxygen atoms in total. The quantitative estimate of drug-likeness (QED) is 0.0487. The van der Waals surface area contributed by atoms with Crippen molar-refractivity contribution >= 4 is 11.7 Å². The summed E-state index contributed by atoms with van der Waals surface area (Å²) in [5.41, 5.74) is -1.40. The van der Waals surface area contributed by atoms with Crippen LogP contribution in [0.25, 0.3) is 22.5 Å². The van der Waals surface area contributed by atoms with Crippen molar-refractivity contribution in [3.05, 3.63) is 135 Å². The van der Waals surface area contributed by atoms with Crippen molar-refractivity contribution in [1.29, 1.82) is 0 Å². The van der Waals surface area contributed by atoms with Crippen molar-refractivity contribution in [3.63, 3.8) is 0 Å². The van der Waals surface area contributed by atoms with Crippen LogP contribution in [0.1, 0.15) is 34.1 Å². The number of benzene rings is 3. The summed E-state index contributed by atoms with van der Waals surface area (Å²) in [6, 6.07) is 24.1. The van der Waals surface area contributed by atoms with Crippen LogP contribution in [0.4, 0.5) is 18.9 Å². The molecule has 242 valence electrons. The monoisotopic (exact) mass is 647 g/mol. The fourth-order valence-corrected chi connectivity index (χ4v) is 5.12. The Morgan fingerprint density at radius 1 is 0.915 bits per heavy atom. The molecule has 0 aliphatic heterocycles. The number of nitrogens with zero attached hydrogens (tertiary/aromatic N) is 3. The topological polar surface area (TPSA) is 120 Å². The summed E-state index contributed by atoms with van der Waals surface area (Å²) >= 11 is 0. The number of halogens is 3. The summed E-state index contributed by atoms with van der Waals surface area (Å²) in [4.78, 5) is 24.9. The molecule has 0 unspecified atom stereocenters. The summed E-state index contributed by atoms with van der Waals surface area (Å²) in [7, 11) is 1.38. The molecule has 2 aromatic heterocycles. The maximum Gasteiger partial charge on any atom is 0.479 e. The minimum atomic E-state index is -5.08. The SMILES string of the molecule is CCOC(=O)c1cc(-c2cc(OCc3ccccc3)c(OCc3ccccc3)c([N+](=O)[O-])c2)n(C)c1-c1ccc[n+]([O-])c1C(F)(F)F. The number of alkyl halides is 3. The van der Waals surface area contributed by atoms with E-state index in [0.29, 0.717) is 6.20 Å². The van der Waals surface area contributed by atoms with E-state index in [4.69, 9.17) is 14.2 Å². The van der Waals surface area contributed by atoms with Crippen LogP contribution in [0, 0.1) is 15.3 Å². The first-order valence-electron chi connectivity index (χ1n) is 14.3. The molecule has 0 saturated carbocycles. The highest BCUT2D eigenvalue weighted by molar-refractivity contribution is 5.99. The third-order valence-corrected chi connectivity index (χ3v) is 7.20. The summed E-state index contributed by atoms with van der Waals surface area (Å²) in [5.74, 6) is -1.12. The Morgan fingerprint density at radius 2 is 1.53 bits per heavy atom. The second kappa shape index (κ2) is 13.6. The lowest BCUT2D eigenvalue weighted by atomic mass is 10.1. The van der Waals surface area contributed by atoms with Crippen molar-refractivity contribution in [1.82, 2.24) is 4.57 Å². The molecule has 47 heavy (non-hydrogen) atoms. The van der Waals surface area contributed by atoms with Gasteiger partial charge in [-0.1, -0.05) is 60.7 Å². The molecule has 5 aromatic rings. The highest BCUT2D eigenvalue weighted by atomic mass is 19.4. The van der Waals surface area contributed by atoms with Gasteiger partial charge in [-0.05, 0) is 36.2 Å². The Hall–Kier alpha value is -5.85. The number of ether oxygens (including phenoxy) is 3. The smallest absolute Gasteiger partial charge is 0.479 e. The number of nitro groups is 1. The number of nitro benzene ring substituents is 1. The van der Waals surface area contributed by atoms with E-state index in [1.54, 1.807) is 48.5 Å². The van der Waals surface area contributed by atoms with Crippen LogP contribution < -0.4 is 14.2 Å². The minimum absolute atomic E-state index is 0.0116. The van der Waals surface area contributed by atoms with Gasteiger partial charge >= 0.3 is 23.5 Å². The van der Waals surface area contributed by atoms with Crippen molar-refractivity contribution in [2.45, 2.75) is 26.3 Å². The molecule has 0 aliphatic rings. The van der Waals surface area contributed by atoms with Crippen LogP contribution in [0.2, 0.25) is 0 Å². The van der Waals surface area contributed by atoms with Gasteiger partial charge in [0, 0.05) is 30.4 Å². The molecule has 2 heterocycles. The van der Waals surface area contributed by atoms with Crippen molar-refractivity contribution in [2.24, 2.45) is 7.05 Å². The predicted molar refractivity (Wildman–Crippen MR) is 164 cm³/mol. The molecule has 0 atom stereocenters. The number of hydrogen-bond donors (Lipinski definition) is 0. The van der Waals surface area contributed by atoms with Gasteiger partial charge in [-0.15, -0.1) is 0 Å². The van der Waals surface area contributed by atoms with Crippen LogP contribution in [-0.4, -0.2) is 22.1 Å². The highest BCUT2D eigenvalue weighted by Gasteiger charge is 2.44. The number of pyridine rings is 1. The Morgan fingerprint density at radius 3 is 2.11 bits per heavy atom.